The van der Waals surface area contributed by atoms with Gasteiger partial charge in [0.15, 0.2) is 0 Å². The fourth-order valence-electron chi connectivity index (χ4n) is 1.68. The number of esters is 1. The highest BCUT2D eigenvalue weighted by Gasteiger charge is 2.32. The Morgan fingerprint density at radius 3 is 2.22 bits per heavy atom. The topological polar surface area (TPSA) is 64.6 Å². The molecule has 1 rings (SSSR count). The number of ether oxygens (including phenoxy) is 2. The van der Waals surface area contributed by atoms with E-state index in [2.05, 4.69) is 10.1 Å². The number of methoxy groups -OCH3 is 1. The van der Waals surface area contributed by atoms with Gasteiger partial charge in [-0.2, -0.15) is 13.2 Å². The predicted octanol–water partition coefficient (Wildman–Crippen LogP) is 3.52. The summed E-state index contributed by atoms with van der Waals surface area (Å²) in [6, 6.07) is 2.77. The molecular formula is C15H18F3NO4. The fraction of sp³-hybridized carbons (Fsp3) is 0.467. The normalized spacial score (nSPS) is 11.8. The lowest BCUT2D eigenvalue weighted by Gasteiger charge is -2.20. The molecule has 0 atom stereocenters. The Morgan fingerprint density at radius 2 is 1.74 bits per heavy atom. The molecule has 0 saturated heterocycles. The molecule has 1 N–H and O–H groups in total. The first-order valence-corrected chi connectivity index (χ1v) is 6.68. The minimum atomic E-state index is -4.62. The maximum atomic E-state index is 12.9. The SMILES string of the molecule is COC(=O)c1cc(CNC(=O)OC(C)(C)C)cc(C(F)(F)F)c1. The van der Waals surface area contributed by atoms with Crippen LogP contribution in [0.2, 0.25) is 0 Å². The van der Waals surface area contributed by atoms with Gasteiger partial charge in [-0.3, -0.25) is 0 Å². The molecule has 0 fully saturated rings. The quantitative estimate of drug-likeness (QED) is 0.860. The summed E-state index contributed by atoms with van der Waals surface area (Å²) in [5.41, 5.74) is -1.87. The van der Waals surface area contributed by atoms with Gasteiger partial charge in [-0.1, -0.05) is 0 Å². The van der Waals surface area contributed by atoms with E-state index in [-0.39, 0.29) is 17.7 Å². The molecule has 1 aromatic rings. The highest BCUT2D eigenvalue weighted by molar-refractivity contribution is 5.89. The Morgan fingerprint density at radius 1 is 1.13 bits per heavy atom. The molecule has 0 aliphatic carbocycles. The largest absolute Gasteiger partial charge is 0.465 e. The van der Waals surface area contributed by atoms with Gasteiger partial charge in [-0.25, -0.2) is 9.59 Å². The Bertz CT molecular complexity index is 591. The Kier molecular flexibility index (Phi) is 5.63. The third-order valence-electron chi connectivity index (χ3n) is 2.58. The number of amides is 1. The number of alkyl carbamates (subject to hydrolysis) is 1. The molecule has 0 bridgehead atoms. The van der Waals surface area contributed by atoms with E-state index < -0.39 is 29.4 Å². The van der Waals surface area contributed by atoms with Gasteiger partial charge >= 0.3 is 18.2 Å². The van der Waals surface area contributed by atoms with Crippen molar-refractivity contribution in [3.8, 4) is 0 Å². The van der Waals surface area contributed by atoms with E-state index in [9.17, 15) is 22.8 Å². The minimum Gasteiger partial charge on any atom is -0.465 e. The number of benzene rings is 1. The minimum absolute atomic E-state index is 0.103. The van der Waals surface area contributed by atoms with Crippen molar-refractivity contribution in [1.82, 2.24) is 5.32 Å². The van der Waals surface area contributed by atoms with Gasteiger partial charge in [-0.05, 0) is 44.5 Å². The van der Waals surface area contributed by atoms with Gasteiger partial charge in [0.1, 0.15) is 5.60 Å². The van der Waals surface area contributed by atoms with E-state index in [0.29, 0.717) is 6.07 Å². The number of halogens is 3. The fourth-order valence-corrected chi connectivity index (χ4v) is 1.68. The van der Waals surface area contributed by atoms with Gasteiger partial charge in [0, 0.05) is 6.54 Å². The first-order chi connectivity index (χ1) is 10.4. The number of hydrogen-bond donors (Lipinski definition) is 1. The van der Waals surface area contributed by atoms with Crippen LogP contribution in [0, 0.1) is 0 Å². The van der Waals surface area contributed by atoms with E-state index in [1.54, 1.807) is 20.8 Å². The summed E-state index contributed by atoms with van der Waals surface area (Å²) in [6.45, 7) is 4.76. The van der Waals surface area contributed by atoms with Crippen molar-refractivity contribution < 1.29 is 32.2 Å². The summed E-state index contributed by atoms with van der Waals surface area (Å²) in [6.07, 6.45) is -5.39. The summed E-state index contributed by atoms with van der Waals surface area (Å²) >= 11 is 0. The van der Waals surface area contributed by atoms with Crippen LogP contribution in [-0.2, 0) is 22.2 Å². The van der Waals surface area contributed by atoms with Gasteiger partial charge in [0.2, 0.25) is 0 Å². The molecule has 0 aliphatic heterocycles. The van der Waals surface area contributed by atoms with Crippen molar-refractivity contribution in [2.45, 2.75) is 39.1 Å². The second kappa shape index (κ2) is 6.89. The molecule has 0 aliphatic rings. The highest BCUT2D eigenvalue weighted by Crippen LogP contribution is 2.31. The van der Waals surface area contributed by atoms with Crippen LogP contribution in [0.25, 0.3) is 0 Å². The molecule has 0 spiro atoms. The standard InChI is InChI=1S/C15H18F3NO4/c1-14(2,3)23-13(21)19-8-9-5-10(12(20)22-4)7-11(6-9)15(16,17)18/h5-7H,8H2,1-4H3,(H,19,21). The van der Waals surface area contributed by atoms with Crippen LogP contribution < -0.4 is 5.32 Å². The third kappa shape index (κ3) is 6.17. The van der Waals surface area contributed by atoms with Crippen LogP contribution >= 0.6 is 0 Å². The van der Waals surface area contributed by atoms with E-state index in [0.717, 1.165) is 13.2 Å². The summed E-state index contributed by atoms with van der Waals surface area (Å²) in [5.74, 6) is -0.894. The molecule has 5 nitrogen and oxygen atoms in total. The maximum Gasteiger partial charge on any atom is 0.416 e. The van der Waals surface area contributed by atoms with Crippen LogP contribution in [0.15, 0.2) is 18.2 Å². The lowest BCUT2D eigenvalue weighted by Crippen LogP contribution is -2.32. The van der Waals surface area contributed by atoms with Crippen LogP contribution in [0.5, 0.6) is 0 Å². The molecule has 0 aromatic heterocycles. The first-order valence-electron chi connectivity index (χ1n) is 6.68. The highest BCUT2D eigenvalue weighted by atomic mass is 19.4. The molecule has 1 amide bonds. The first kappa shape index (κ1) is 18.8. The lowest BCUT2D eigenvalue weighted by molar-refractivity contribution is -0.137. The van der Waals surface area contributed by atoms with Crippen molar-refractivity contribution in [2.24, 2.45) is 0 Å². The smallest absolute Gasteiger partial charge is 0.416 e. The maximum absolute atomic E-state index is 12.9. The van der Waals surface area contributed by atoms with E-state index in [1.807, 2.05) is 0 Å². The van der Waals surface area contributed by atoms with Crippen LogP contribution in [0.3, 0.4) is 0 Å². The van der Waals surface area contributed by atoms with Crippen LogP contribution in [-0.4, -0.2) is 24.8 Å². The molecule has 128 valence electrons. The lowest BCUT2D eigenvalue weighted by atomic mass is 10.1. The van der Waals surface area contributed by atoms with E-state index >= 15 is 0 Å². The summed E-state index contributed by atoms with van der Waals surface area (Å²) in [7, 11) is 1.07. The molecule has 23 heavy (non-hydrogen) atoms. The zero-order valence-corrected chi connectivity index (χ0v) is 13.2. The molecule has 0 saturated carbocycles. The summed E-state index contributed by atoms with van der Waals surface area (Å²) in [4.78, 5) is 23.0. The second-order valence-electron chi connectivity index (χ2n) is 5.76. The predicted molar refractivity (Wildman–Crippen MR) is 75.9 cm³/mol. The second-order valence-corrected chi connectivity index (χ2v) is 5.76. The van der Waals surface area contributed by atoms with Gasteiger partial charge in [0.25, 0.3) is 0 Å². The number of carbonyl (C=O) groups excluding carboxylic acids is 2. The van der Waals surface area contributed by atoms with Crippen molar-refractivity contribution in [3.05, 3.63) is 34.9 Å². The van der Waals surface area contributed by atoms with E-state index in [1.165, 1.54) is 6.07 Å². The molecular weight excluding hydrogens is 315 g/mol. The van der Waals surface area contributed by atoms with Crippen LogP contribution in [0.1, 0.15) is 42.3 Å². The molecule has 1 aromatic carbocycles. The molecule has 0 radical (unpaired) electrons. The van der Waals surface area contributed by atoms with Crippen LogP contribution in [0.4, 0.5) is 18.0 Å². The Hall–Kier alpha value is -2.25. The number of alkyl halides is 3. The van der Waals surface area contributed by atoms with Gasteiger partial charge in [-0.15, -0.1) is 0 Å². The summed E-state index contributed by atoms with van der Waals surface area (Å²) < 4.78 is 48.0. The molecule has 0 unspecified atom stereocenters. The number of carbonyl (C=O) groups is 2. The van der Waals surface area contributed by atoms with Crippen molar-refractivity contribution >= 4 is 12.1 Å². The Labute approximate surface area is 131 Å². The molecule has 8 heteroatoms. The van der Waals surface area contributed by atoms with Crippen molar-refractivity contribution in [2.75, 3.05) is 7.11 Å². The third-order valence-corrected chi connectivity index (χ3v) is 2.58. The monoisotopic (exact) mass is 333 g/mol. The average Bonchev–Trinajstić information content (AvgIpc) is 2.41. The van der Waals surface area contributed by atoms with Crippen molar-refractivity contribution in [3.63, 3.8) is 0 Å². The van der Waals surface area contributed by atoms with E-state index in [4.69, 9.17) is 4.74 Å². The number of hydrogen-bond acceptors (Lipinski definition) is 4. The average molecular weight is 333 g/mol. The number of nitrogens with one attached hydrogen (secondary N) is 1. The number of rotatable bonds is 3. The Balaban J connectivity index is 2.97. The zero-order valence-electron chi connectivity index (χ0n) is 13.2. The summed E-state index contributed by atoms with van der Waals surface area (Å²) in [5, 5.41) is 2.34. The van der Waals surface area contributed by atoms with Gasteiger partial charge < -0.3 is 14.8 Å². The van der Waals surface area contributed by atoms with Gasteiger partial charge in [0.05, 0.1) is 18.2 Å². The molecule has 0 heterocycles. The van der Waals surface area contributed by atoms with Crippen molar-refractivity contribution in [1.29, 1.82) is 0 Å². The zero-order chi connectivity index (χ0) is 17.8.